The van der Waals surface area contributed by atoms with Crippen molar-refractivity contribution in [3.8, 4) is 0 Å². The molecule has 1 saturated carbocycles. The van der Waals surface area contributed by atoms with Crippen molar-refractivity contribution in [1.82, 2.24) is 14.7 Å². The topological polar surface area (TPSA) is 64.4 Å². The Kier molecular flexibility index (Phi) is 7.73. The summed E-state index contributed by atoms with van der Waals surface area (Å²) in [4.78, 5) is 26.7. The number of carbonyl (C=O) groups is 2. The average molecular weight is 512 g/mol. The minimum Gasteiger partial charge on any atom is -0.466 e. The second kappa shape index (κ2) is 10.6. The van der Waals surface area contributed by atoms with Crippen molar-refractivity contribution >= 4 is 23.5 Å². The third kappa shape index (κ3) is 6.00. The van der Waals surface area contributed by atoms with Gasteiger partial charge in [0.25, 0.3) is 0 Å². The number of carbonyl (C=O) groups excluding carboxylic acids is 2. The summed E-state index contributed by atoms with van der Waals surface area (Å²) in [6.45, 7) is 2.64. The predicted octanol–water partition coefficient (Wildman–Crippen LogP) is 5.25. The highest BCUT2D eigenvalue weighted by Crippen LogP contribution is 2.36. The van der Waals surface area contributed by atoms with E-state index >= 15 is 0 Å². The summed E-state index contributed by atoms with van der Waals surface area (Å²) in [5, 5.41) is 4.45. The second-order valence-corrected chi connectivity index (χ2v) is 9.73. The molecule has 2 heterocycles. The SMILES string of the molecule is CCOC(=O)C1CCC(CC(=O)N2CCc3c(C(F)(F)F)nn(Cc4ccc(Cl)cc4)c3C2)CC1. The number of hydrogen-bond donors (Lipinski definition) is 0. The maximum Gasteiger partial charge on any atom is 0.435 e. The van der Waals surface area contributed by atoms with Gasteiger partial charge in [0.05, 0.1) is 31.3 Å². The Balaban J connectivity index is 1.44. The lowest BCUT2D eigenvalue weighted by atomic mass is 9.80. The zero-order valence-corrected chi connectivity index (χ0v) is 20.4. The number of hydrogen-bond acceptors (Lipinski definition) is 4. The highest BCUT2D eigenvalue weighted by Gasteiger charge is 2.41. The van der Waals surface area contributed by atoms with Gasteiger partial charge in [0.15, 0.2) is 5.69 Å². The van der Waals surface area contributed by atoms with E-state index in [0.29, 0.717) is 36.6 Å². The van der Waals surface area contributed by atoms with Crippen LogP contribution in [0.2, 0.25) is 5.02 Å². The fourth-order valence-corrected chi connectivity index (χ4v) is 5.18. The third-order valence-electron chi connectivity index (χ3n) is 6.94. The summed E-state index contributed by atoms with van der Waals surface area (Å²) in [6, 6.07) is 6.87. The zero-order valence-electron chi connectivity index (χ0n) is 19.6. The number of benzene rings is 1. The molecule has 190 valence electrons. The number of ether oxygens (including phenoxy) is 1. The van der Waals surface area contributed by atoms with Gasteiger partial charge in [-0.3, -0.25) is 14.3 Å². The van der Waals surface area contributed by atoms with Gasteiger partial charge in [-0.25, -0.2) is 0 Å². The fraction of sp³-hybridized carbons (Fsp3) is 0.560. The van der Waals surface area contributed by atoms with E-state index < -0.39 is 11.9 Å². The summed E-state index contributed by atoms with van der Waals surface area (Å²) in [5.41, 5.74) is 0.504. The fourth-order valence-electron chi connectivity index (χ4n) is 5.05. The highest BCUT2D eigenvalue weighted by molar-refractivity contribution is 6.30. The normalized spacial score (nSPS) is 20.4. The maximum atomic E-state index is 13.7. The summed E-state index contributed by atoms with van der Waals surface area (Å²) in [7, 11) is 0. The molecule has 0 unspecified atom stereocenters. The van der Waals surface area contributed by atoms with Gasteiger partial charge in [-0.1, -0.05) is 23.7 Å². The van der Waals surface area contributed by atoms with E-state index in [-0.39, 0.29) is 55.3 Å². The van der Waals surface area contributed by atoms with E-state index in [4.69, 9.17) is 16.3 Å². The van der Waals surface area contributed by atoms with Crippen molar-refractivity contribution in [2.75, 3.05) is 13.2 Å². The van der Waals surface area contributed by atoms with Crippen molar-refractivity contribution < 1.29 is 27.5 Å². The van der Waals surface area contributed by atoms with Gasteiger partial charge in [0, 0.05) is 23.6 Å². The quantitative estimate of drug-likeness (QED) is 0.497. The van der Waals surface area contributed by atoms with Crippen LogP contribution in [-0.4, -0.2) is 39.7 Å². The third-order valence-corrected chi connectivity index (χ3v) is 7.19. The number of rotatable bonds is 6. The van der Waals surface area contributed by atoms with Crippen LogP contribution in [0.5, 0.6) is 0 Å². The average Bonchev–Trinajstić information content (AvgIpc) is 3.19. The first-order valence-electron chi connectivity index (χ1n) is 12.0. The number of esters is 1. The van der Waals surface area contributed by atoms with Crippen LogP contribution in [0.3, 0.4) is 0 Å². The molecular formula is C25H29ClF3N3O3. The molecule has 1 amide bonds. The van der Waals surface area contributed by atoms with Crippen LogP contribution in [-0.2, 0) is 40.0 Å². The molecule has 1 fully saturated rings. The lowest BCUT2D eigenvalue weighted by molar-refractivity contribution is -0.149. The van der Waals surface area contributed by atoms with Gasteiger partial charge in [0.2, 0.25) is 5.91 Å². The largest absolute Gasteiger partial charge is 0.466 e. The summed E-state index contributed by atoms with van der Waals surface area (Å²) in [6.07, 6.45) is -1.18. The number of fused-ring (bicyclic) bond motifs is 1. The smallest absolute Gasteiger partial charge is 0.435 e. The lowest BCUT2D eigenvalue weighted by Crippen LogP contribution is -2.38. The van der Waals surface area contributed by atoms with Gasteiger partial charge in [-0.05, 0) is 62.6 Å². The lowest BCUT2D eigenvalue weighted by Gasteiger charge is -2.31. The number of aromatic nitrogens is 2. The summed E-state index contributed by atoms with van der Waals surface area (Å²) < 4.78 is 47.5. The molecule has 4 rings (SSSR count). The maximum absolute atomic E-state index is 13.7. The van der Waals surface area contributed by atoms with Crippen LogP contribution < -0.4 is 0 Å². The molecule has 1 aliphatic carbocycles. The molecule has 2 aromatic rings. The second-order valence-electron chi connectivity index (χ2n) is 9.29. The number of amides is 1. The first kappa shape index (κ1) is 25.5. The van der Waals surface area contributed by atoms with Gasteiger partial charge >= 0.3 is 12.1 Å². The first-order valence-corrected chi connectivity index (χ1v) is 12.4. The molecule has 1 aromatic carbocycles. The monoisotopic (exact) mass is 511 g/mol. The van der Waals surface area contributed by atoms with Crippen LogP contribution in [0.1, 0.15) is 61.5 Å². The molecule has 0 radical (unpaired) electrons. The minimum atomic E-state index is -4.56. The molecule has 0 spiro atoms. The highest BCUT2D eigenvalue weighted by atomic mass is 35.5. The van der Waals surface area contributed by atoms with E-state index in [0.717, 1.165) is 18.4 Å². The molecule has 2 aliphatic rings. The molecule has 35 heavy (non-hydrogen) atoms. The standard InChI is InChI=1S/C25H29ClF3N3O3/c1-2-35-24(34)18-7-3-16(4-8-18)13-22(33)31-12-11-20-21(15-31)32(30-23(20)25(27,28)29)14-17-5-9-19(26)10-6-17/h5-6,9-10,16,18H,2-4,7-8,11-15H2,1H3. The van der Waals surface area contributed by atoms with E-state index in [2.05, 4.69) is 5.10 Å². The van der Waals surface area contributed by atoms with Crippen molar-refractivity contribution in [2.24, 2.45) is 11.8 Å². The molecule has 10 heteroatoms. The Morgan fingerprint density at radius 2 is 1.83 bits per heavy atom. The predicted molar refractivity (Wildman–Crippen MR) is 124 cm³/mol. The molecule has 6 nitrogen and oxygen atoms in total. The number of nitrogens with zero attached hydrogens (tertiary/aromatic N) is 3. The summed E-state index contributed by atoms with van der Waals surface area (Å²) in [5.74, 6) is -0.181. The van der Waals surface area contributed by atoms with Crippen molar-refractivity contribution in [3.63, 3.8) is 0 Å². The number of alkyl halides is 3. The molecule has 1 aliphatic heterocycles. The van der Waals surface area contributed by atoms with Crippen molar-refractivity contribution in [1.29, 1.82) is 0 Å². The van der Waals surface area contributed by atoms with Gasteiger partial charge < -0.3 is 9.64 Å². The van der Waals surface area contributed by atoms with E-state index in [1.165, 1.54) is 4.68 Å². The van der Waals surface area contributed by atoms with Crippen LogP contribution in [0.4, 0.5) is 13.2 Å². The molecular weight excluding hydrogens is 483 g/mol. The number of halogens is 4. The molecule has 0 saturated heterocycles. The van der Waals surface area contributed by atoms with Crippen LogP contribution in [0, 0.1) is 11.8 Å². The summed E-state index contributed by atoms with van der Waals surface area (Å²) >= 11 is 5.93. The zero-order chi connectivity index (χ0) is 25.2. The van der Waals surface area contributed by atoms with Crippen molar-refractivity contribution in [3.05, 3.63) is 51.8 Å². The Labute approximate surface area is 207 Å². The van der Waals surface area contributed by atoms with Gasteiger partial charge in [-0.2, -0.15) is 18.3 Å². The Morgan fingerprint density at radius 1 is 1.14 bits per heavy atom. The Bertz CT molecular complexity index is 1060. The van der Waals surface area contributed by atoms with E-state index in [9.17, 15) is 22.8 Å². The minimum absolute atomic E-state index is 0.0666. The molecule has 0 atom stereocenters. The molecule has 0 N–H and O–H groups in total. The van der Waals surface area contributed by atoms with Crippen molar-refractivity contribution in [2.45, 2.75) is 64.7 Å². The van der Waals surface area contributed by atoms with Crippen LogP contribution >= 0.6 is 11.6 Å². The molecule has 0 bridgehead atoms. The van der Waals surface area contributed by atoms with E-state index in [1.54, 1.807) is 36.1 Å². The Morgan fingerprint density at radius 3 is 2.46 bits per heavy atom. The first-order chi connectivity index (χ1) is 16.7. The van der Waals surface area contributed by atoms with Crippen LogP contribution in [0.25, 0.3) is 0 Å². The molecule has 1 aromatic heterocycles. The van der Waals surface area contributed by atoms with E-state index in [1.807, 2.05) is 0 Å². The van der Waals surface area contributed by atoms with Gasteiger partial charge in [-0.15, -0.1) is 0 Å². The van der Waals surface area contributed by atoms with Gasteiger partial charge in [0.1, 0.15) is 0 Å². The Hall–Kier alpha value is -2.55. The van der Waals surface area contributed by atoms with Crippen LogP contribution in [0.15, 0.2) is 24.3 Å².